The van der Waals surface area contributed by atoms with E-state index < -0.39 is 18.0 Å². The first-order chi connectivity index (χ1) is 7.47. The van der Waals surface area contributed by atoms with Crippen LogP contribution in [0.1, 0.15) is 26.7 Å². The van der Waals surface area contributed by atoms with Crippen LogP contribution >= 0.6 is 0 Å². The molecule has 0 spiro atoms. The van der Waals surface area contributed by atoms with Gasteiger partial charge in [0.15, 0.2) is 0 Å². The van der Waals surface area contributed by atoms with Crippen molar-refractivity contribution in [3.05, 3.63) is 0 Å². The second-order valence-electron chi connectivity index (χ2n) is 4.06. The van der Waals surface area contributed by atoms with Crippen LogP contribution in [0, 0.1) is 5.92 Å². The molecule has 0 unspecified atom stereocenters. The van der Waals surface area contributed by atoms with E-state index in [0.717, 1.165) is 0 Å². The highest BCUT2D eigenvalue weighted by atomic mass is 16.4. The highest BCUT2D eigenvalue weighted by Crippen LogP contribution is 2.04. The van der Waals surface area contributed by atoms with Gasteiger partial charge in [0, 0.05) is 6.54 Å². The SMILES string of the molecule is CC(C)C[C@@H](NC(=O)NCCCN)C(=O)O. The number of carboxylic acids is 1. The minimum Gasteiger partial charge on any atom is -0.480 e. The quantitative estimate of drug-likeness (QED) is 0.467. The number of nitrogens with one attached hydrogen (secondary N) is 2. The number of urea groups is 1. The molecular weight excluding hydrogens is 210 g/mol. The van der Waals surface area contributed by atoms with Crippen LogP contribution < -0.4 is 16.4 Å². The maximum absolute atomic E-state index is 11.3. The van der Waals surface area contributed by atoms with E-state index in [-0.39, 0.29) is 5.92 Å². The van der Waals surface area contributed by atoms with E-state index in [1.807, 2.05) is 13.8 Å². The van der Waals surface area contributed by atoms with Gasteiger partial charge in [-0.25, -0.2) is 9.59 Å². The van der Waals surface area contributed by atoms with Gasteiger partial charge in [0.05, 0.1) is 0 Å². The van der Waals surface area contributed by atoms with Gasteiger partial charge in [0.1, 0.15) is 6.04 Å². The summed E-state index contributed by atoms with van der Waals surface area (Å²) in [4.78, 5) is 22.1. The molecule has 0 aliphatic heterocycles. The normalized spacial score (nSPS) is 12.2. The van der Waals surface area contributed by atoms with Gasteiger partial charge in [-0.15, -0.1) is 0 Å². The van der Waals surface area contributed by atoms with E-state index in [4.69, 9.17) is 10.8 Å². The fourth-order valence-electron chi connectivity index (χ4n) is 1.21. The fourth-order valence-corrected chi connectivity index (χ4v) is 1.21. The maximum atomic E-state index is 11.3. The predicted octanol–water partition coefficient (Wildman–Crippen LogP) is 0.134. The van der Waals surface area contributed by atoms with Crippen LogP contribution in [-0.2, 0) is 4.79 Å². The van der Waals surface area contributed by atoms with Crippen molar-refractivity contribution in [3.63, 3.8) is 0 Å². The Kier molecular flexibility index (Phi) is 7.28. The average Bonchev–Trinajstić information content (AvgIpc) is 2.16. The van der Waals surface area contributed by atoms with Gasteiger partial charge in [0.2, 0.25) is 0 Å². The molecule has 0 saturated heterocycles. The molecule has 6 heteroatoms. The number of carbonyl (C=O) groups is 2. The van der Waals surface area contributed by atoms with Crippen molar-refractivity contribution >= 4 is 12.0 Å². The minimum absolute atomic E-state index is 0.213. The summed E-state index contributed by atoms with van der Waals surface area (Å²) in [5.41, 5.74) is 5.26. The first-order valence-corrected chi connectivity index (χ1v) is 5.44. The Balaban J connectivity index is 3.98. The highest BCUT2D eigenvalue weighted by Gasteiger charge is 2.20. The number of carboxylic acid groups (broad SMARTS) is 1. The molecular formula is C10H21N3O3. The Morgan fingerprint density at radius 2 is 2.00 bits per heavy atom. The zero-order chi connectivity index (χ0) is 12.6. The first-order valence-electron chi connectivity index (χ1n) is 5.44. The largest absolute Gasteiger partial charge is 0.480 e. The molecule has 0 radical (unpaired) electrons. The third kappa shape index (κ3) is 7.05. The Labute approximate surface area is 95.6 Å². The highest BCUT2D eigenvalue weighted by molar-refractivity contribution is 5.82. The molecule has 0 bridgehead atoms. The number of carbonyl (C=O) groups excluding carboxylic acids is 1. The zero-order valence-corrected chi connectivity index (χ0v) is 9.82. The van der Waals surface area contributed by atoms with Crippen molar-refractivity contribution in [2.75, 3.05) is 13.1 Å². The Bertz CT molecular complexity index is 231. The summed E-state index contributed by atoms with van der Waals surface area (Å²) < 4.78 is 0. The Hall–Kier alpha value is -1.30. The van der Waals surface area contributed by atoms with E-state index >= 15 is 0 Å². The summed E-state index contributed by atoms with van der Waals surface area (Å²) in [5, 5.41) is 13.8. The smallest absolute Gasteiger partial charge is 0.326 e. The molecule has 0 saturated carbocycles. The van der Waals surface area contributed by atoms with E-state index in [1.165, 1.54) is 0 Å². The molecule has 0 fully saturated rings. The molecule has 1 atom stereocenters. The second kappa shape index (κ2) is 7.92. The van der Waals surface area contributed by atoms with Gasteiger partial charge in [-0.1, -0.05) is 13.8 Å². The Morgan fingerprint density at radius 1 is 1.38 bits per heavy atom. The lowest BCUT2D eigenvalue weighted by molar-refractivity contribution is -0.139. The molecule has 0 aliphatic carbocycles. The van der Waals surface area contributed by atoms with Gasteiger partial charge >= 0.3 is 12.0 Å². The van der Waals surface area contributed by atoms with Crippen LogP contribution in [0.25, 0.3) is 0 Å². The van der Waals surface area contributed by atoms with E-state index in [1.54, 1.807) is 0 Å². The minimum atomic E-state index is -1.01. The van der Waals surface area contributed by atoms with Crippen molar-refractivity contribution in [3.8, 4) is 0 Å². The number of aliphatic carboxylic acids is 1. The summed E-state index contributed by atoms with van der Waals surface area (Å²) in [6, 6.07) is -1.29. The van der Waals surface area contributed by atoms with Crippen molar-refractivity contribution < 1.29 is 14.7 Å². The van der Waals surface area contributed by atoms with Gasteiger partial charge in [-0.3, -0.25) is 0 Å². The van der Waals surface area contributed by atoms with E-state index in [0.29, 0.717) is 25.9 Å². The summed E-state index contributed by atoms with van der Waals surface area (Å²) in [6.07, 6.45) is 1.09. The van der Waals surface area contributed by atoms with Crippen molar-refractivity contribution in [2.24, 2.45) is 11.7 Å². The van der Waals surface area contributed by atoms with Crippen molar-refractivity contribution in [2.45, 2.75) is 32.7 Å². The summed E-state index contributed by atoms with van der Waals surface area (Å²) in [7, 11) is 0. The fraction of sp³-hybridized carbons (Fsp3) is 0.800. The topological polar surface area (TPSA) is 104 Å². The maximum Gasteiger partial charge on any atom is 0.326 e. The molecule has 5 N–H and O–H groups in total. The molecule has 2 amide bonds. The third-order valence-corrected chi connectivity index (χ3v) is 1.98. The number of amides is 2. The molecule has 6 nitrogen and oxygen atoms in total. The lowest BCUT2D eigenvalue weighted by Gasteiger charge is -2.16. The number of hydrogen-bond donors (Lipinski definition) is 4. The monoisotopic (exact) mass is 231 g/mol. The molecule has 0 aliphatic rings. The van der Waals surface area contributed by atoms with Crippen LogP contribution in [0.2, 0.25) is 0 Å². The average molecular weight is 231 g/mol. The lowest BCUT2D eigenvalue weighted by Crippen LogP contribution is -2.46. The van der Waals surface area contributed by atoms with Gasteiger partial charge in [-0.2, -0.15) is 0 Å². The van der Waals surface area contributed by atoms with E-state index in [9.17, 15) is 9.59 Å². The molecule has 0 aromatic carbocycles. The van der Waals surface area contributed by atoms with Crippen molar-refractivity contribution in [1.82, 2.24) is 10.6 Å². The van der Waals surface area contributed by atoms with Crippen LogP contribution in [0.3, 0.4) is 0 Å². The molecule has 94 valence electrons. The van der Waals surface area contributed by atoms with Crippen LogP contribution in [0.15, 0.2) is 0 Å². The van der Waals surface area contributed by atoms with Crippen LogP contribution in [0.4, 0.5) is 4.79 Å². The molecule has 0 heterocycles. The second-order valence-corrected chi connectivity index (χ2v) is 4.06. The number of hydrogen-bond acceptors (Lipinski definition) is 3. The van der Waals surface area contributed by atoms with E-state index in [2.05, 4.69) is 10.6 Å². The summed E-state index contributed by atoms with van der Waals surface area (Å²) in [6.45, 7) is 4.76. The van der Waals surface area contributed by atoms with Gasteiger partial charge in [-0.05, 0) is 25.3 Å². The molecule has 0 rings (SSSR count). The first kappa shape index (κ1) is 14.7. The number of nitrogens with two attached hydrogens (primary N) is 1. The van der Waals surface area contributed by atoms with Gasteiger partial charge in [0.25, 0.3) is 0 Å². The standard InChI is InChI=1S/C10H21N3O3/c1-7(2)6-8(9(14)15)13-10(16)12-5-3-4-11/h7-8H,3-6,11H2,1-2H3,(H,14,15)(H2,12,13,16)/t8-/m1/s1. The third-order valence-electron chi connectivity index (χ3n) is 1.98. The van der Waals surface area contributed by atoms with Crippen molar-refractivity contribution in [1.29, 1.82) is 0 Å². The number of rotatable bonds is 7. The Morgan fingerprint density at radius 3 is 2.44 bits per heavy atom. The summed E-state index contributed by atoms with van der Waals surface area (Å²) in [5.74, 6) is -0.798. The molecule has 0 aromatic heterocycles. The molecule has 0 aromatic rings. The predicted molar refractivity (Wildman–Crippen MR) is 61.1 cm³/mol. The summed E-state index contributed by atoms with van der Waals surface area (Å²) >= 11 is 0. The van der Waals surface area contributed by atoms with Gasteiger partial charge < -0.3 is 21.5 Å². The zero-order valence-electron chi connectivity index (χ0n) is 9.82. The van der Waals surface area contributed by atoms with Crippen LogP contribution in [0.5, 0.6) is 0 Å². The lowest BCUT2D eigenvalue weighted by atomic mass is 10.0. The van der Waals surface area contributed by atoms with Crippen LogP contribution in [-0.4, -0.2) is 36.2 Å². The molecule has 16 heavy (non-hydrogen) atoms.